The monoisotopic (exact) mass is 139 g/mol. The third kappa shape index (κ3) is 1.84. The fourth-order valence-electron chi connectivity index (χ4n) is 1.42. The normalized spacial score (nSPS) is 26.8. The number of hydrogen-bond donors (Lipinski definition) is 0. The summed E-state index contributed by atoms with van der Waals surface area (Å²) in [4.78, 5) is 2.32. The van der Waals surface area contributed by atoms with Gasteiger partial charge in [-0.1, -0.05) is 11.6 Å². The molecule has 1 rings (SSSR count). The minimum atomic E-state index is 0.795. The Morgan fingerprint density at radius 1 is 1.50 bits per heavy atom. The third-order valence-electron chi connectivity index (χ3n) is 2.34. The number of rotatable bonds is 1. The Balaban J connectivity index is 2.42. The molecule has 0 aliphatic heterocycles. The fraction of sp³-hybridized carbons (Fsp3) is 0.778. The number of nitrogens with zero attached hydrogens (tertiary/aromatic N) is 1. The molecule has 1 aliphatic rings. The second kappa shape index (κ2) is 3.20. The van der Waals surface area contributed by atoms with E-state index in [1.165, 1.54) is 19.3 Å². The first kappa shape index (κ1) is 7.80. The van der Waals surface area contributed by atoms with Crippen LogP contribution in [0, 0.1) is 0 Å². The molecule has 0 spiro atoms. The predicted molar refractivity (Wildman–Crippen MR) is 45.1 cm³/mol. The minimum Gasteiger partial charge on any atom is -0.306 e. The van der Waals surface area contributed by atoms with Crippen LogP contribution in [0.25, 0.3) is 0 Å². The van der Waals surface area contributed by atoms with Crippen molar-refractivity contribution in [1.82, 2.24) is 4.90 Å². The van der Waals surface area contributed by atoms with Crippen LogP contribution in [0.3, 0.4) is 0 Å². The molecule has 1 nitrogen and oxygen atoms in total. The van der Waals surface area contributed by atoms with Crippen LogP contribution >= 0.6 is 0 Å². The highest BCUT2D eigenvalue weighted by atomic mass is 15.1. The van der Waals surface area contributed by atoms with Crippen LogP contribution in [-0.4, -0.2) is 25.0 Å². The van der Waals surface area contributed by atoms with E-state index in [4.69, 9.17) is 0 Å². The quantitative estimate of drug-likeness (QED) is 0.502. The highest BCUT2D eigenvalue weighted by Crippen LogP contribution is 2.19. The van der Waals surface area contributed by atoms with Crippen molar-refractivity contribution in [2.45, 2.75) is 32.2 Å². The Bertz CT molecular complexity index is 136. The van der Waals surface area contributed by atoms with Gasteiger partial charge in [0.2, 0.25) is 0 Å². The van der Waals surface area contributed by atoms with Crippen LogP contribution in [0.5, 0.6) is 0 Å². The molecule has 0 aromatic heterocycles. The fourth-order valence-corrected chi connectivity index (χ4v) is 1.42. The summed E-state index contributed by atoms with van der Waals surface area (Å²) in [6, 6.07) is 0.795. The molecule has 0 N–H and O–H groups in total. The highest BCUT2D eigenvalue weighted by molar-refractivity contribution is 5.04. The van der Waals surface area contributed by atoms with Crippen molar-refractivity contribution in [3.05, 3.63) is 11.6 Å². The summed E-state index contributed by atoms with van der Waals surface area (Å²) in [5.74, 6) is 0. The van der Waals surface area contributed by atoms with E-state index in [1.54, 1.807) is 5.57 Å². The zero-order valence-electron chi connectivity index (χ0n) is 7.22. The average molecular weight is 139 g/mol. The van der Waals surface area contributed by atoms with Crippen LogP contribution < -0.4 is 0 Å². The zero-order valence-corrected chi connectivity index (χ0v) is 7.22. The van der Waals surface area contributed by atoms with E-state index >= 15 is 0 Å². The number of hydrogen-bond acceptors (Lipinski definition) is 1. The van der Waals surface area contributed by atoms with Crippen molar-refractivity contribution < 1.29 is 0 Å². The molecule has 1 aliphatic carbocycles. The molecule has 0 unspecified atom stereocenters. The molecule has 1 heteroatoms. The topological polar surface area (TPSA) is 3.24 Å². The lowest BCUT2D eigenvalue weighted by molar-refractivity contribution is 0.273. The molecule has 1 atom stereocenters. The van der Waals surface area contributed by atoms with Gasteiger partial charge in [-0.25, -0.2) is 0 Å². The van der Waals surface area contributed by atoms with Gasteiger partial charge in [0, 0.05) is 6.04 Å². The van der Waals surface area contributed by atoms with Crippen molar-refractivity contribution in [2.24, 2.45) is 0 Å². The second-order valence-electron chi connectivity index (χ2n) is 3.44. The van der Waals surface area contributed by atoms with Crippen LogP contribution in [-0.2, 0) is 0 Å². The molecule has 0 radical (unpaired) electrons. The SMILES string of the molecule is CC1=CC[C@H](N(C)C)CC1. The summed E-state index contributed by atoms with van der Waals surface area (Å²) in [6.45, 7) is 2.23. The first-order valence-electron chi connectivity index (χ1n) is 4.02. The molecular weight excluding hydrogens is 122 g/mol. The molecule has 0 aromatic rings. The van der Waals surface area contributed by atoms with Crippen molar-refractivity contribution in [1.29, 1.82) is 0 Å². The Kier molecular flexibility index (Phi) is 2.50. The maximum Gasteiger partial charge on any atom is 0.0127 e. The standard InChI is InChI=1S/C9H17N/c1-8-4-6-9(7-5-8)10(2)3/h4,9H,5-7H2,1-3H3/t9-/m0/s1. The lowest BCUT2D eigenvalue weighted by Crippen LogP contribution is -2.28. The van der Waals surface area contributed by atoms with Crippen LogP contribution in [0.2, 0.25) is 0 Å². The Morgan fingerprint density at radius 3 is 2.60 bits per heavy atom. The first-order chi connectivity index (χ1) is 4.70. The van der Waals surface area contributed by atoms with Crippen molar-refractivity contribution >= 4 is 0 Å². The van der Waals surface area contributed by atoms with Gasteiger partial charge in [-0.05, 0) is 40.3 Å². The average Bonchev–Trinajstić information content (AvgIpc) is 1.88. The molecule has 0 heterocycles. The Labute approximate surface area is 63.7 Å². The van der Waals surface area contributed by atoms with Gasteiger partial charge in [-0.3, -0.25) is 0 Å². The van der Waals surface area contributed by atoms with E-state index in [0.717, 1.165) is 6.04 Å². The molecule has 58 valence electrons. The van der Waals surface area contributed by atoms with E-state index in [9.17, 15) is 0 Å². The van der Waals surface area contributed by atoms with Gasteiger partial charge in [-0.15, -0.1) is 0 Å². The summed E-state index contributed by atoms with van der Waals surface area (Å²) in [5, 5.41) is 0. The van der Waals surface area contributed by atoms with E-state index in [-0.39, 0.29) is 0 Å². The maximum absolute atomic E-state index is 2.37. The van der Waals surface area contributed by atoms with Gasteiger partial charge in [-0.2, -0.15) is 0 Å². The van der Waals surface area contributed by atoms with Crippen LogP contribution in [0.4, 0.5) is 0 Å². The largest absolute Gasteiger partial charge is 0.306 e. The molecule has 0 bridgehead atoms. The van der Waals surface area contributed by atoms with Crippen molar-refractivity contribution in [2.75, 3.05) is 14.1 Å². The lowest BCUT2D eigenvalue weighted by atomic mass is 9.96. The van der Waals surface area contributed by atoms with Crippen LogP contribution in [0.1, 0.15) is 26.2 Å². The molecule has 0 saturated carbocycles. The Hall–Kier alpha value is -0.300. The summed E-state index contributed by atoms with van der Waals surface area (Å²) in [5.41, 5.74) is 1.57. The second-order valence-corrected chi connectivity index (χ2v) is 3.44. The minimum absolute atomic E-state index is 0.795. The summed E-state index contributed by atoms with van der Waals surface area (Å²) >= 11 is 0. The zero-order chi connectivity index (χ0) is 7.56. The molecule has 0 amide bonds. The molecule has 0 saturated heterocycles. The molecule has 0 aromatic carbocycles. The van der Waals surface area contributed by atoms with Gasteiger partial charge in [0.1, 0.15) is 0 Å². The summed E-state index contributed by atoms with van der Waals surface area (Å²) in [7, 11) is 4.33. The smallest absolute Gasteiger partial charge is 0.0127 e. The van der Waals surface area contributed by atoms with Gasteiger partial charge < -0.3 is 4.90 Å². The van der Waals surface area contributed by atoms with Gasteiger partial charge in [0.05, 0.1) is 0 Å². The summed E-state index contributed by atoms with van der Waals surface area (Å²) in [6.07, 6.45) is 6.26. The van der Waals surface area contributed by atoms with E-state index < -0.39 is 0 Å². The van der Waals surface area contributed by atoms with E-state index in [0.29, 0.717) is 0 Å². The molecular formula is C9H17N. The van der Waals surface area contributed by atoms with Crippen molar-refractivity contribution in [3.63, 3.8) is 0 Å². The molecule has 10 heavy (non-hydrogen) atoms. The van der Waals surface area contributed by atoms with Gasteiger partial charge in [0.15, 0.2) is 0 Å². The van der Waals surface area contributed by atoms with E-state index in [1.807, 2.05) is 0 Å². The van der Waals surface area contributed by atoms with Gasteiger partial charge in [0.25, 0.3) is 0 Å². The maximum atomic E-state index is 2.37. The lowest BCUT2D eigenvalue weighted by Gasteiger charge is -2.26. The van der Waals surface area contributed by atoms with Crippen molar-refractivity contribution in [3.8, 4) is 0 Å². The van der Waals surface area contributed by atoms with Crippen LogP contribution in [0.15, 0.2) is 11.6 Å². The van der Waals surface area contributed by atoms with E-state index in [2.05, 4.69) is 32.0 Å². The Morgan fingerprint density at radius 2 is 2.20 bits per heavy atom. The summed E-state index contributed by atoms with van der Waals surface area (Å²) < 4.78 is 0. The highest BCUT2D eigenvalue weighted by Gasteiger charge is 2.13. The molecule has 0 fully saturated rings. The predicted octanol–water partition coefficient (Wildman–Crippen LogP) is 2.05. The number of allylic oxidation sites excluding steroid dienone is 1. The van der Waals surface area contributed by atoms with Gasteiger partial charge >= 0.3 is 0 Å². The first-order valence-corrected chi connectivity index (χ1v) is 4.02. The third-order valence-corrected chi connectivity index (χ3v) is 2.34.